The number of aryl methyl sites for hydroxylation is 3. The van der Waals surface area contributed by atoms with E-state index < -0.39 is 0 Å². The number of rotatable bonds is 3. The number of nitrogens with two attached hydrogens (primary N) is 1. The van der Waals surface area contributed by atoms with Gasteiger partial charge in [-0.05, 0) is 49.4 Å². The molecule has 2 aromatic rings. The third-order valence-electron chi connectivity index (χ3n) is 4.46. The first-order valence-electron chi connectivity index (χ1n) is 7.81. The molecule has 0 aliphatic carbocycles. The summed E-state index contributed by atoms with van der Waals surface area (Å²) >= 11 is 0. The van der Waals surface area contributed by atoms with Gasteiger partial charge in [0, 0.05) is 24.8 Å². The lowest BCUT2D eigenvalue weighted by Crippen LogP contribution is -2.36. The largest absolute Gasteiger partial charge is 0.369 e. The monoisotopic (exact) mass is 280 g/mol. The lowest BCUT2D eigenvalue weighted by Gasteiger charge is -2.33. The summed E-state index contributed by atoms with van der Waals surface area (Å²) in [5, 5.41) is 0. The van der Waals surface area contributed by atoms with Crippen molar-refractivity contribution in [2.24, 2.45) is 5.73 Å². The second-order valence-electron chi connectivity index (χ2n) is 6.14. The zero-order valence-corrected chi connectivity index (χ0v) is 13.0. The van der Waals surface area contributed by atoms with Gasteiger partial charge in [-0.2, -0.15) is 0 Å². The molecular formula is C19H24N2. The smallest absolute Gasteiger partial charge is 0.0475 e. The molecule has 0 amide bonds. The molecule has 0 spiro atoms. The summed E-state index contributed by atoms with van der Waals surface area (Å²) in [5.74, 6) is 0. The molecule has 1 aliphatic heterocycles. The van der Waals surface area contributed by atoms with E-state index in [9.17, 15) is 0 Å². The number of benzene rings is 2. The second-order valence-corrected chi connectivity index (χ2v) is 6.14. The van der Waals surface area contributed by atoms with Crippen molar-refractivity contribution in [3.8, 4) is 0 Å². The fraction of sp³-hybridized carbons (Fsp3) is 0.368. The van der Waals surface area contributed by atoms with E-state index in [0.29, 0.717) is 0 Å². The summed E-state index contributed by atoms with van der Waals surface area (Å²) in [4.78, 5) is 2.45. The van der Waals surface area contributed by atoms with Crippen molar-refractivity contribution in [2.75, 3.05) is 18.0 Å². The highest BCUT2D eigenvalue weighted by molar-refractivity contribution is 5.55. The number of fused-ring (bicyclic) bond motifs is 1. The lowest BCUT2D eigenvalue weighted by atomic mass is 9.97. The summed E-state index contributed by atoms with van der Waals surface area (Å²) in [7, 11) is 0. The second kappa shape index (κ2) is 5.90. The van der Waals surface area contributed by atoms with Crippen LogP contribution in [0.25, 0.3) is 0 Å². The van der Waals surface area contributed by atoms with Crippen molar-refractivity contribution in [1.29, 1.82) is 0 Å². The van der Waals surface area contributed by atoms with Crippen LogP contribution in [0.1, 0.15) is 34.7 Å². The zero-order chi connectivity index (χ0) is 14.8. The highest BCUT2D eigenvalue weighted by Gasteiger charge is 2.19. The maximum Gasteiger partial charge on any atom is 0.0475 e. The zero-order valence-electron chi connectivity index (χ0n) is 13.0. The van der Waals surface area contributed by atoms with Crippen LogP contribution in [0.5, 0.6) is 0 Å². The molecule has 1 atom stereocenters. The molecule has 1 aliphatic rings. The fourth-order valence-electron chi connectivity index (χ4n) is 3.30. The number of para-hydroxylation sites is 1. The van der Waals surface area contributed by atoms with Gasteiger partial charge in [-0.25, -0.2) is 0 Å². The molecule has 0 fully saturated rings. The Hall–Kier alpha value is -1.80. The van der Waals surface area contributed by atoms with Gasteiger partial charge in [0.2, 0.25) is 0 Å². The standard InChI is InChI=1S/C19H24N2/c1-14-9-10-15(2)17(12-14)18(20)13-21-11-5-7-16-6-3-4-8-19(16)21/h3-4,6,8-10,12,18H,5,7,11,13,20H2,1-2H3. The Bertz CT molecular complexity index is 633. The SMILES string of the molecule is Cc1ccc(C)c(C(N)CN2CCCc3ccccc32)c1. The van der Waals surface area contributed by atoms with Crippen molar-refractivity contribution < 1.29 is 0 Å². The summed E-state index contributed by atoms with van der Waals surface area (Å²) in [5.41, 5.74) is 13.2. The molecule has 0 bridgehead atoms. The lowest BCUT2D eigenvalue weighted by molar-refractivity contribution is 0.623. The van der Waals surface area contributed by atoms with E-state index in [1.807, 2.05) is 0 Å². The van der Waals surface area contributed by atoms with Crippen molar-refractivity contribution >= 4 is 5.69 Å². The first-order valence-corrected chi connectivity index (χ1v) is 7.81. The molecule has 2 N–H and O–H groups in total. The Kier molecular flexibility index (Phi) is 3.98. The van der Waals surface area contributed by atoms with E-state index in [1.54, 1.807) is 0 Å². The van der Waals surface area contributed by atoms with Crippen LogP contribution < -0.4 is 10.6 Å². The maximum absolute atomic E-state index is 6.51. The fourth-order valence-corrected chi connectivity index (χ4v) is 3.30. The molecule has 21 heavy (non-hydrogen) atoms. The van der Waals surface area contributed by atoms with Gasteiger partial charge in [0.05, 0.1) is 0 Å². The van der Waals surface area contributed by atoms with E-state index in [0.717, 1.165) is 13.1 Å². The van der Waals surface area contributed by atoms with Crippen molar-refractivity contribution in [3.05, 3.63) is 64.7 Å². The first kappa shape index (κ1) is 14.2. The van der Waals surface area contributed by atoms with Crippen LogP contribution in [0, 0.1) is 13.8 Å². The minimum Gasteiger partial charge on any atom is -0.369 e. The maximum atomic E-state index is 6.51. The van der Waals surface area contributed by atoms with Crippen LogP contribution >= 0.6 is 0 Å². The van der Waals surface area contributed by atoms with E-state index in [4.69, 9.17) is 5.73 Å². The van der Waals surface area contributed by atoms with Crippen LogP contribution in [0.15, 0.2) is 42.5 Å². The number of nitrogens with zero attached hydrogens (tertiary/aromatic N) is 1. The summed E-state index contributed by atoms with van der Waals surface area (Å²) in [6.07, 6.45) is 2.40. The Balaban J connectivity index is 1.82. The molecule has 2 heteroatoms. The average Bonchev–Trinajstić information content (AvgIpc) is 2.50. The molecular weight excluding hydrogens is 256 g/mol. The normalized spacial score (nSPS) is 15.7. The molecule has 0 aromatic heterocycles. The Labute approximate surface area is 127 Å². The minimum absolute atomic E-state index is 0.0658. The van der Waals surface area contributed by atoms with Crippen LogP contribution in [0.4, 0.5) is 5.69 Å². The summed E-state index contributed by atoms with van der Waals surface area (Å²) in [6, 6.07) is 15.4. The average molecular weight is 280 g/mol. The first-order chi connectivity index (χ1) is 10.1. The summed E-state index contributed by atoms with van der Waals surface area (Å²) < 4.78 is 0. The van der Waals surface area contributed by atoms with Gasteiger partial charge in [0.1, 0.15) is 0 Å². The van der Waals surface area contributed by atoms with E-state index >= 15 is 0 Å². The Morgan fingerprint density at radius 3 is 2.81 bits per heavy atom. The molecule has 2 nitrogen and oxygen atoms in total. The van der Waals surface area contributed by atoms with Gasteiger partial charge in [-0.15, -0.1) is 0 Å². The third-order valence-corrected chi connectivity index (χ3v) is 4.46. The van der Waals surface area contributed by atoms with Crippen LogP contribution in [-0.4, -0.2) is 13.1 Å². The third kappa shape index (κ3) is 2.96. The molecule has 2 aromatic carbocycles. The van der Waals surface area contributed by atoms with Gasteiger partial charge >= 0.3 is 0 Å². The highest BCUT2D eigenvalue weighted by Crippen LogP contribution is 2.28. The van der Waals surface area contributed by atoms with Crippen molar-refractivity contribution in [2.45, 2.75) is 32.7 Å². The van der Waals surface area contributed by atoms with Crippen LogP contribution in [0.2, 0.25) is 0 Å². The van der Waals surface area contributed by atoms with Gasteiger partial charge in [-0.1, -0.05) is 42.0 Å². The van der Waals surface area contributed by atoms with E-state index in [2.05, 4.69) is 61.2 Å². The molecule has 3 rings (SSSR count). The quantitative estimate of drug-likeness (QED) is 0.927. The molecule has 0 radical (unpaired) electrons. The van der Waals surface area contributed by atoms with Gasteiger partial charge in [0.15, 0.2) is 0 Å². The number of anilines is 1. The van der Waals surface area contributed by atoms with Gasteiger partial charge in [0.25, 0.3) is 0 Å². The highest BCUT2D eigenvalue weighted by atomic mass is 15.1. The van der Waals surface area contributed by atoms with E-state index in [1.165, 1.54) is 40.8 Å². The Morgan fingerprint density at radius 2 is 1.95 bits per heavy atom. The molecule has 1 heterocycles. The van der Waals surface area contributed by atoms with Gasteiger partial charge in [-0.3, -0.25) is 0 Å². The summed E-state index contributed by atoms with van der Waals surface area (Å²) in [6.45, 7) is 6.28. The minimum atomic E-state index is 0.0658. The van der Waals surface area contributed by atoms with Crippen molar-refractivity contribution in [1.82, 2.24) is 0 Å². The van der Waals surface area contributed by atoms with Gasteiger partial charge < -0.3 is 10.6 Å². The van der Waals surface area contributed by atoms with Crippen molar-refractivity contribution in [3.63, 3.8) is 0 Å². The van der Waals surface area contributed by atoms with Crippen LogP contribution in [-0.2, 0) is 6.42 Å². The number of hydrogen-bond donors (Lipinski definition) is 1. The molecule has 1 unspecified atom stereocenters. The predicted octanol–water partition coefficient (Wildman–Crippen LogP) is 3.76. The molecule has 0 saturated heterocycles. The molecule has 0 saturated carbocycles. The molecule has 110 valence electrons. The van der Waals surface area contributed by atoms with Crippen LogP contribution in [0.3, 0.4) is 0 Å². The topological polar surface area (TPSA) is 29.3 Å². The van der Waals surface area contributed by atoms with E-state index in [-0.39, 0.29) is 6.04 Å². The predicted molar refractivity (Wildman–Crippen MR) is 89.8 cm³/mol. The Morgan fingerprint density at radius 1 is 1.14 bits per heavy atom. The number of hydrogen-bond acceptors (Lipinski definition) is 2.